The maximum absolute atomic E-state index is 6.54. The Bertz CT molecular complexity index is 3340. The van der Waals surface area contributed by atoms with Crippen LogP contribution < -0.4 is 27.8 Å². The van der Waals surface area contributed by atoms with E-state index in [2.05, 4.69) is 115 Å². The molecule has 2 aromatic heterocycles. The predicted molar refractivity (Wildman–Crippen MR) is 302 cm³/mol. The van der Waals surface area contributed by atoms with Crippen LogP contribution in [0.4, 0.5) is 0 Å². The Hall–Kier alpha value is -8.71. The van der Waals surface area contributed by atoms with Gasteiger partial charge in [-0.05, 0) is 115 Å². The SMILES string of the molecule is C/C=C/C=C\C=C/N.C=C/C=C\C(=C/C)CN.C=N/C(=C\Cc1cccc(-c2ccc3oc4c(ccc5c6/c(oc54)=C\C=C\C=C/C(C(/N)=C/Cc4ccccc4)=C\C=C\C=6)c3c2)c1)c1ccccc1. The first kappa shape index (κ1) is 50.7. The lowest BCUT2D eigenvalue weighted by Crippen LogP contribution is -2.19. The highest BCUT2D eigenvalue weighted by Crippen LogP contribution is 2.36. The van der Waals surface area contributed by atoms with Crippen LogP contribution in [0.15, 0.2) is 268 Å². The normalized spacial score (nSPS) is 16.4. The summed E-state index contributed by atoms with van der Waals surface area (Å²) in [5.41, 5.74) is 29.4. The second-order valence-corrected chi connectivity index (χ2v) is 15.9. The number of rotatable bonds is 13. The van der Waals surface area contributed by atoms with Crippen LogP contribution in [0.25, 0.3) is 61.9 Å². The molecule has 5 aromatic carbocycles. The van der Waals surface area contributed by atoms with Crippen molar-refractivity contribution in [2.24, 2.45) is 22.2 Å². The van der Waals surface area contributed by atoms with Gasteiger partial charge in [0.05, 0.1) is 5.70 Å². The van der Waals surface area contributed by atoms with Crippen molar-refractivity contribution in [3.63, 3.8) is 0 Å². The van der Waals surface area contributed by atoms with Crippen LogP contribution in [0.1, 0.15) is 30.5 Å². The Kier molecular flexibility index (Phi) is 19.7. The molecular formula is C64H62N4O2. The summed E-state index contributed by atoms with van der Waals surface area (Å²) in [6, 6.07) is 39.8. The molecule has 0 spiro atoms. The molecule has 70 heavy (non-hydrogen) atoms. The first-order valence-electron chi connectivity index (χ1n) is 23.3. The molecule has 8 rings (SSSR count). The molecule has 0 aliphatic heterocycles. The van der Waals surface area contributed by atoms with E-state index in [4.69, 9.17) is 26.0 Å². The molecule has 6 N–H and O–H groups in total. The van der Waals surface area contributed by atoms with Crippen LogP contribution in [0, 0.1) is 0 Å². The van der Waals surface area contributed by atoms with E-state index in [0.717, 1.165) is 95.6 Å². The molecule has 1 aliphatic rings. The number of hydrogen-bond donors (Lipinski definition) is 3. The summed E-state index contributed by atoms with van der Waals surface area (Å²) < 4.78 is 13.0. The Balaban J connectivity index is 0.000000404. The molecule has 0 radical (unpaired) electrons. The van der Waals surface area contributed by atoms with E-state index < -0.39 is 0 Å². The number of aliphatic imine (C=N–C) groups is 1. The lowest BCUT2D eigenvalue weighted by atomic mass is 9.99. The molecule has 6 heteroatoms. The van der Waals surface area contributed by atoms with E-state index in [-0.39, 0.29) is 0 Å². The molecule has 0 saturated carbocycles. The zero-order chi connectivity index (χ0) is 49.3. The fourth-order valence-corrected chi connectivity index (χ4v) is 7.54. The zero-order valence-electron chi connectivity index (χ0n) is 40.1. The van der Waals surface area contributed by atoms with E-state index in [1.807, 2.05) is 141 Å². The molecule has 0 amide bonds. The molecule has 0 atom stereocenters. The number of allylic oxidation sites excluding steroid dienone is 17. The third kappa shape index (κ3) is 14.2. The first-order valence-corrected chi connectivity index (χ1v) is 23.3. The molecule has 0 fully saturated rings. The van der Waals surface area contributed by atoms with Gasteiger partial charge in [0.1, 0.15) is 11.0 Å². The lowest BCUT2D eigenvalue weighted by Gasteiger charge is -2.06. The van der Waals surface area contributed by atoms with Crippen molar-refractivity contribution >= 4 is 57.5 Å². The van der Waals surface area contributed by atoms with Crippen molar-refractivity contribution in [3.8, 4) is 11.1 Å². The smallest absolute Gasteiger partial charge is 0.178 e. The third-order valence-corrected chi connectivity index (χ3v) is 11.2. The Morgan fingerprint density at radius 2 is 1.34 bits per heavy atom. The van der Waals surface area contributed by atoms with Gasteiger partial charge in [0.25, 0.3) is 0 Å². The minimum absolute atomic E-state index is 0.598. The summed E-state index contributed by atoms with van der Waals surface area (Å²) in [7, 11) is 0. The van der Waals surface area contributed by atoms with E-state index >= 15 is 0 Å². The van der Waals surface area contributed by atoms with E-state index in [1.54, 1.807) is 12.2 Å². The van der Waals surface area contributed by atoms with Crippen molar-refractivity contribution in [3.05, 3.63) is 282 Å². The van der Waals surface area contributed by atoms with Gasteiger partial charge in [0.15, 0.2) is 11.2 Å². The lowest BCUT2D eigenvalue weighted by molar-refractivity contribution is 0.567. The average molecular weight is 919 g/mol. The molecular weight excluding hydrogens is 857 g/mol. The summed E-state index contributed by atoms with van der Waals surface area (Å²) in [6.45, 7) is 11.9. The summed E-state index contributed by atoms with van der Waals surface area (Å²) in [5.74, 6) is 0. The van der Waals surface area contributed by atoms with Gasteiger partial charge in [-0.25, -0.2) is 0 Å². The van der Waals surface area contributed by atoms with Gasteiger partial charge in [-0.2, -0.15) is 0 Å². The summed E-state index contributed by atoms with van der Waals surface area (Å²) in [5, 5.41) is 4.04. The van der Waals surface area contributed by atoms with Crippen molar-refractivity contribution < 1.29 is 8.83 Å². The molecule has 7 aromatic rings. The van der Waals surface area contributed by atoms with Gasteiger partial charge < -0.3 is 26.0 Å². The fourth-order valence-electron chi connectivity index (χ4n) is 7.54. The highest BCUT2D eigenvalue weighted by molar-refractivity contribution is 6.14. The number of nitrogens with zero attached hydrogens (tertiary/aromatic N) is 1. The Morgan fingerprint density at radius 1 is 0.643 bits per heavy atom. The van der Waals surface area contributed by atoms with Crippen molar-refractivity contribution in [2.75, 3.05) is 6.54 Å². The van der Waals surface area contributed by atoms with E-state index in [9.17, 15) is 0 Å². The highest BCUT2D eigenvalue weighted by atomic mass is 16.4. The standard InChI is InChI=1S/C49H38N2O2.C8H13N.C7H11N/c1-51-45(37-19-8-3-9-20-37)30-25-35-16-13-21-38(32-35)39-26-31-47-43(33-39)42-28-27-41-40-22-12-11-18-36(44(50)29-24-34-14-5-2-6-15-34)17-7-4-10-23-46(40)52-48(41)49(42)53-47;1-3-5-6-8(4-2)7-9;1-2-3-4-5-6-7-8/h2-23,26-33H,1,24-25,50H2;3-6H,1,7,9H2,2H3;2-7H,8H2,1H3/b7-4?,10-4+,12-11+,17-7-,18-11?,22-12?,23-10?,36-17?,36-18+,40-22-,44-29-,45-30-,46-23+;6-5-,8-4+;3-2+,5-4-,7-6-. The first-order chi connectivity index (χ1) is 34.4. The number of furan rings is 2. The Labute approximate surface area is 412 Å². The molecule has 350 valence electrons. The number of fused-ring (bicyclic) bond motifs is 7. The maximum atomic E-state index is 6.54. The average Bonchev–Trinajstić information content (AvgIpc) is 3.96. The summed E-state index contributed by atoms with van der Waals surface area (Å²) in [4.78, 5) is 4.27. The van der Waals surface area contributed by atoms with Crippen LogP contribution in [-0.2, 0) is 12.8 Å². The predicted octanol–water partition coefficient (Wildman–Crippen LogP) is 13.8. The second-order valence-electron chi connectivity index (χ2n) is 15.9. The van der Waals surface area contributed by atoms with Crippen LogP contribution in [-0.4, -0.2) is 13.3 Å². The largest absolute Gasteiger partial charge is 0.452 e. The Morgan fingerprint density at radius 3 is 2.09 bits per heavy atom. The van der Waals surface area contributed by atoms with Crippen LogP contribution in [0.5, 0.6) is 0 Å². The minimum Gasteiger partial charge on any atom is -0.452 e. The van der Waals surface area contributed by atoms with Gasteiger partial charge in [-0.15, -0.1) is 0 Å². The second kappa shape index (κ2) is 27.2. The maximum Gasteiger partial charge on any atom is 0.178 e. The van der Waals surface area contributed by atoms with Crippen molar-refractivity contribution in [1.82, 2.24) is 0 Å². The molecule has 1 aliphatic carbocycles. The molecule has 6 nitrogen and oxygen atoms in total. The fraction of sp³-hybridized carbons (Fsp3) is 0.0781. The van der Waals surface area contributed by atoms with Crippen LogP contribution in [0.2, 0.25) is 0 Å². The van der Waals surface area contributed by atoms with Gasteiger partial charge in [0.2, 0.25) is 0 Å². The minimum atomic E-state index is 0.598. The third-order valence-electron chi connectivity index (χ3n) is 11.2. The topological polar surface area (TPSA) is 117 Å². The number of benzene rings is 5. The summed E-state index contributed by atoms with van der Waals surface area (Å²) >= 11 is 0. The van der Waals surface area contributed by atoms with Crippen LogP contribution in [0.3, 0.4) is 0 Å². The molecule has 0 bridgehead atoms. The van der Waals surface area contributed by atoms with Gasteiger partial charge in [-0.1, -0.05) is 207 Å². The van der Waals surface area contributed by atoms with E-state index in [0.29, 0.717) is 6.54 Å². The van der Waals surface area contributed by atoms with E-state index in [1.165, 1.54) is 17.3 Å². The van der Waals surface area contributed by atoms with Gasteiger partial charge in [0, 0.05) is 33.6 Å². The van der Waals surface area contributed by atoms with Crippen LogP contribution >= 0.6 is 0 Å². The zero-order valence-corrected chi connectivity index (χ0v) is 40.1. The number of hydrogen-bond acceptors (Lipinski definition) is 6. The van der Waals surface area contributed by atoms with Crippen molar-refractivity contribution in [2.45, 2.75) is 26.7 Å². The quantitative estimate of drug-likeness (QED) is 0.0787. The molecule has 2 heterocycles. The molecule has 0 unspecified atom stereocenters. The summed E-state index contributed by atoms with van der Waals surface area (Å²) in [6.07, 6.45) is 42.4. The van der Waals surface area contributed by atoms with Crippen molar-refractivity contribution in [1.29, 1.82) is 0 Å². The van der Waals surface area contributed by atoms with Gasteiger partial charge >= 0.3 is 0 Å². The monoisotopic (exact) mass is 918 g/mol. The number of nitrogens with two attached hydrogens (primary N) is 3. The van der Waals surface area contributed by atoms with Gasteiger partial charge in [-0.3, -0.25) is 4.99 Å². The molecule has 0 saturated heterocycles. The highest BCUT2D eigenvalue weighted by Gasteiger charge is 2.15.